The van der Waals surface area contributed by atoms with Gasteiger partial charge in [0.1, 0.15) is 17.2 Å². The third-order valence-electron chi connectivity index (χ3n) is 13.9. The molecule has 0 bridgehead atoms. The maximum atomic E-state index is 16.3. The van der Waals surface area contributed by atoms with E-state index in [2.05, 4.69) is 224 Å². The lowest BCUT2D eigenvalue weighted by Crippen LogP contribution is -2.12. The zero-order chi connectivity index (χ0) is 49.3. The maximum absolute atomic E-state index is 16.3. The molecule has 9 aromatic carbocycles. The van der Waals surface area contributed by atoms with Gasteiger partial charge in [-0.25, -0.2) is 0 Å². The van der Waals surface area contributed by atoms with E-state index in [4.69, 9.17) is 13.6 Å². The van der Waals surface area contributed by atoms with Crippen LogP contribution in [0.2, 0.25) is 0 Å². The molecule has 0 saturated carbocycles. The van der Waals surface area contributed by atoms with Gasteiger partial charge in [0.05, 0.1) is 0 Å². The monoisotopic (exact) mass is 950 g/mol. The fourth-order valence-electron chi connectivity index (χ4n) is 9.45. The highest BCUT2D eigenvalue weighted by atomic mass is 31.2. The molecule has 9 rings (SSSR count). The van der Waals surface area contributed by atoms with E-state index in [1.54, 1.807) is 0 Å². The minimum Gasteiger partial charge on any atom is -0.386 e. The maximum Gasteiger partial charge on any atom is 0.647 e. The minimum atomic E-state index is -4.58. The molecule has 0 unspecified atom stereocenters. The Hall–Kier alpha value is -7.39. The first-order valence-electron chi connectivity index (χ1n) is 24.8. The smallest absolute Gasteiger partial charge is 0.386 e. The van der Waals surface area contributed by atoms with Gasteiger partial charge < -0.3 is 13.6 Å². The van der Waals surface area contributed by atoms with E-state index in [1.807, 2.05) is 18.2 Å². The summed E-state index contributed by atoms with van der Waals surface area (Å²) in [5.41, 5.74) is 20.4. The van der Waals surface area contributed by atoms with Gasteiger partial charge in [-0.15, -0.1) is 0 Å². The number of aryl methyl sites for hydroxylation is 6. The molecule has 0 fully saturated rings. The van der Waals surface area contributed by atoms with Gasteiger partial charge >= 0.3 is 7.82 Å². The summed E-state index contributed by atoms with van der Waals surface area (Å²) in [5, 5.41) is 0. The number of hydrogen-bond acceptors (Lipinski definition) is 4. The minimum absolute atomic E-state index is 0.443. The number of phosphoric ester groups is 1. The van der Waals surface area contributed by atoms with Gasteiger partial charge in [-0.05, 0) is 179 Å². The van der Waals surface area contributed by atoms with Crippen molar-refractivity contribution in [2.45, 2.75) is 80.1 Å². The van der Waals surface area contributed by atoms with E-state index in [1.165, 1.54) is 33.4 Å². The summed E-state index contributed by atoms with van der Waals surface area (Å²) in [6.45, 7) is 12.8. The van der Waals surface area contributed by atoms with Crippen molar-refractivity contribution in [1.29, 1.82) is 0 Å². The highest BCUT2D eigenvalue weighted by Crippen LogP contribution is 2.53. The molecule has 0 atom stereocenters. The summed E-state index contributed by atoms with van der Waals surface area (Å²) in [6, 6.07) is 69.3. The molecule has 0 N–H and O–H groups in total. The molecule has 0 aliphatic carbocycles. The van der Waals surface area contributed by atoms with Crippen LogP contribution in [0.5, 0.6) is 17.2 Å². The van der Waals surface area contributed by atoms with Crippen molar-refractivity contribution in [2.24, 2.45) is 0 Å². The fraction of sp³-hybridized carbons (Fsp3) is 0.182. The van der Waals surface area contributed by atoms with Crippen LogP contribution in [0, 0.1) is 41.5 Å². The number of phosphoric acid groups is 1. The molecule has 0 spiro atoms. The largest absolute Gasteiger partial charge is 0.647 e. The van der Waals surface area contributed by atoms with Crippen LogP contribution in [0.3, 0.4) is 0 Å². The molecular formula is C66H63O4P. The van der Waals surface area contributed by atoms with Crippen molar-refractivity contribution in [3.05, 3.63) is 300 Å². The van der Waals surface area contributed by atoms with Crippen LogP contribution in [0.1, 0.15) is 100 Å². The van der Waals surface area contributed by atoms with E-state index < -0.39 is 7.82 Å². The third kappa shape index (κ3) is 12.3. The second-order valence-electron chi connectivity index (χ2n) is 19.2. The summed E-state index contributed by atoms with van der Waals surface area (Å²) < 4.78 is 37.1. The molecule has 71 heavy (non-hydrogen) atoms. The van der Waals surface area contributed by atoms with E-state index >= 15 is 4.57 Å². The summed E-state index contributed by atoms with van der Waals surface area (Å²) >= 11 is 0. The predicted molar refractivity (Wildman–Crippen MR) is 293 cm³/mol. The fourth-order valence-corrected chi connectivity index (χ4v) is 10.8. The molecule has 9 aromatic rings. The number of benzene rings is 9. The van der Waals surface area contributed by atoms with Crippen molar-refractivity contribution in [3.8, 4) is 17.2 Å². The molecule has 0 radical (unpaired) electrons. The SMILES string of the molecule is Cc1ccccc1Cc1ccc(OP(=O)(Oc2ccc(Cc3ccccc3C)cc2Cc2ccccc2C)Oc2ccc(Cc3ccccc3C)cc2Cc2ccccc2C)c(Cc2ccccc2C)c1. The van der Waals surface area contributed by atoms with E-state index in [9.17, 15) is 0 Å². The number of rotatable bonds is 18. The first-order chi connectivity index (χ1) is 34.4. The Bertz CT molecular complexity index is 3010. The highest BCUT2D eigenvalue weighted by molar-refractivity contribution is 7.49. The molecule has 4 nitrogen and oxygen atoms in total. The van der Waals surface area contributed by atoms with Gasteiger partial charge in [0.2, 0.25) is 0 Å². The molecule has 0 amide bonds. The van der Waals surface area contributed by atoms with Crippen molar-refractivity contribution in [2.75, 3.05) is 0 Å². The Morgan fingerprint density at radius 1 is 0.268 bits per heavy atom. The lowest BCUT2D eigenvalue weighted by Gasteiger charge is -2.24. The Morgan fingerprint density at radius 2 is 0.479 bits per heavy atom. The van der Waals surface area contributed by atoms with Crippen molar-refractivity contribution >= 4 is 7.82 Å². The Balaban J connectivity index is 1.17. The Labute approximate surface area is 421 Å². The summed E-state index contributed by atoms with van der Waals surface area (Å²) in [7, 11) is -4.58. The average Bonchev–Trinajstić information content (AvgIpc) is 3.36. The molecule has 0 aromatic heterocycles. The topological polar surface area (TPSA) is 44.8 Å². The molecule has 0 heterocycles. The first-order valence-corrected chi connectivity index (χ1v) is 26.2. The van der Waals surface area contributed by atoms with Gasteiger partial charge in [0, 0.05) is 19.3 Å². The van der Waals surface area contributed by atoms with Crippen LogP contribution in [-0.2, 0) is 43.1 Å². The zero-order valence-corrected chi connectivity index (χ0v) is 42.8. The van der Waals surface area contributed by atoms with Crippen LogP contribution in [-0.4, -0.2) is 0 Å². The van der Waals surface area contributed by atoms with E-state index in [0.717, 1.165) is 86.0 Å². The molecular weight excluding hydrogens is 888 g/mol. The van der Waals surface area contributed by atoms with E-state index in [0.29, 0.717) is 36.5 Å². The van der Waals surface area contributed by atoms with Gasteiger partial charge in [0.25, 0.3) is 0 Å². The second-order valence-corrected chi connectivity index (χ2v) is 20.6. The average molecular weight is 951 g/mol. The van der Waals surface area contributed by atoms with Crippen LogP contribution in [0.4, 0.5) is 0 Å². The lowest BCUT2D eigenvalue weighted by atomic mass is 9.95. The first kappa shape index (κ1) is 48.6. The Morgan fingerprint density at radius 3 is 0.704 bits per heavy atom. The van der Waals surface area contributed by atoms with Gasteiger partial charge in [-0.2, -0.15) is 4.57 Å². The number of hydrogen-bond donors (Lipinski definition) is 0. The molecule has 0 aliphatic heterocycles. The van der Waals surface area contributed by atoms with Crippen molar-refractivity contribution < 1.29 is 18.1 Å². The van der Waals surface area contributed by atoms with Crippen molar-refractivity contribution in [3.63, 3.8) is 0 Å². The van der Waals surface area contributed by atoms with Crippen LogP contribution in [0.25, 0.3) is 0 Å². The van der Waals surface area contributed by atoms with Crippen molar-refractivity contribution in [1.82, 2.24) is 0 Å². The third-order valence-corrected chi connectivity index (χ3v) is 15.2. The predicted octanol–water partition coefficient (Wildman–Crippen LogP) is 16.7. The summed E-state index contributed by atoms with van der Waals surface area (Å²) in [5.74, 6) is 1.33. The molecule has 356 valence electrons. The summed E-state index contributed by atoms with van der Waals surface area (Å²) in [6.07, 6.45) is 3.90. The van der Waals surface area contributed by atoms with Gasteiger partial charge in [-0.1, -0.05) is 182 Å². The quantitative estimate of drug-likeness (QED) is 0.0804. The Kier molecular flexibility index (Phi) is 15.2. The molecule has 5 heteroatoms. The molecule has 0 saturated heterocycles. The van der Waals surface area contributed by atoms with Gasteiger partial charge in [0.15, 0.2) is 0 Å². The second kappa shape index (κ2) is 22.1. The normalized spacial score (nSPS) is 11.4. The summed E-state index contributed by atoms with van der Waals surface area (Å²) in [4.78, 5) is 0. The highest BCUT2D eigenvalue weighted by Gasteiger charge is 2.36. The van der Waals surface area contributed by atoms with E-state index in [-0.39, 0.29) is 0 Å². The van der Waals surface area contributed by atoms with Gasteiger partial charge in [-0.3, -0.25) is 0 Å². The standard InChI is InChI=1S/C66H63O4P/c1-46-19-7-13-25-55(46)37-52-31-34-64(61(40-52)43-58-28-16-10-22-49(58)4)68-71(67,69-65-35-32-53(38-56-26-14-8-20-47(56)2)41-62(65)44-59-29-17-11-23-50(59)5)70-66-36-33-54(39-57-27-15-9-21-48(57)3)42-63(66)45-60-30-18-12-24-51(60)6/h7-36,40-42H,37-39,43-45H2,1-6H3. The van der Waals surface area contributed by atoms with Crippen LogP contribution < -0.4 is 13.6 Å². The molecule has 0 aliphatic rings. The van der Waals surface area contributed by atoms with Crippen LogP contribution >= 0.6 is 7.82 Å². The zero-order valence-electron chi connectivity index (χ0n) is 41.9. The van der Waals surface area contributed by atoms with Crippen LogP contribution in [0.15, 0.2) is 200 Å². The lowest BCUT2D eigenvalue weighted by molar-refractivity contribution is 0.295.